The van der Waals surface area contributed by atoms with Crippen LogP contribution in [0.15, 0.2) is 40.6 Å². The highest BCUT2D eigenvalue weighted by Crippen LogP contribution is 2.31. The molecule has 3 heteroatoms. The zero-order chi connectivity index (χ0) is 12.8. The largest absolute Gasteiger partial charge is 0.386 e. The van der Waals surface area contributed by atoms with Crippen LogP contribution in [0, 0.1) is 0 Å². The summed E-state index contributed by atoms with van der Waals surface area (Å²) in [5.41, 5.74) is 2.19. The van der Waals surface area contributed by atoms with E-state index >= 15 is 0 Å². The van der Waals surface area contributed by atoms with Crippen molar-refractivity contribution in [3.8, 4) is 0 Å². The molecule has 18 heavy (non-hydrogen) atoms. The lowest BCUT2D eigenvalue weighted by Crippen LogP contribution is -2.17. The van der Waals surface area contributed by atoms with E-state index in [9.17, 15) is 5.11 Å². The summed E-state index contributed by atoms with van der Waals surface area (Å²) >= 11 is 0. The van der Waals surface area contributed by atoms with Gasteiger partial charge in [-0.15, -0.1) is 0 Å². The minimum atomic E-state index is -0.560. The molecule has 0 saturated heterocycles. The minimum Gasteiger partial charge on any atom is -0.386 e. The Balaban J connectivity index is 2.05. The monoisotopic (exact) mass is 244 g/mol. The normalized spacial score (nSPS) is 22.3. The van der Waals surface area contributed by atoms with Gasteiger partial charge in [-0.3, -0.25) is 0 Å². The first kappa shape index (κ1) is 13.0. The van der Waals surface area contributed by atoms with Crippen LogP contribution in [0.5, 0.6) is 0 Å². The van der Waals surface area contributed by atoms with E-state index in [0.29, 0.717) is 0 Å². The second-order valence-corrected chi connectivity index (χ2v) is 4.61. The van der Waals surface area contributed by atoms with Crippen molar-refractivity contribution in [3.63, 3.8) is 0 Å². The maximum Gasteiger partial charge on any atom is 0.126 e. The van der Waals surface area contributed by atoms with Gasteiger partial charge in [0.2, 0.25) is 0 Å². The molecule has 1 aromatic rings. The van der Waals surface area contributed by atoms with E-state index in [0.717, 1.165) is 24.1 Å². The number of nitrogens with zero attached hydrogens (tertiary/aromatic N) is 2. The van der Waals surface area contributed by atoms with Crippen molar-refractivity contribution in [2.75, 3.05) is 6.54 Å². The smallest absolute Gasteiger partial charge is 0.126 e. The van der Waals surface area contributed by atoms with Crippen LogP contribution in [0.2, 0.25) is 0 Å². The van der Waals surface area contributed by atoms with Gasteiger partial charge in [-0.2, -0.15) is 10.2 Å². The fraction of sp³-hybridized carbons (Fsp3) is 0.467. The Bertz CT molecular complexity index is 440. The molecule has 3 nitrogen and oxygen atoms in total. The molecular weight excluding hydrogens is 224 g/mol. The number of hydrogen-bond donors (Lipinski definition) is 1. The lowest BCUT2D eigenvalue weighted by Gasteiger charge is -2.21. The van der Waals surface area contributed by atoms with E-state index in [2.05, 4.69) is 17.2 Å². The summed E-state index contributed by atoms with van der Waals surface area (Å²) in [6.07, 6.45) is 6.62. The molecule has 0 spiro atoms. The summed E-state index contributed by atoms with van der Waals surface area (Å²) in [5.74, 6) is 0. The fourth-order valence-electron chi connectivity index (χ4n) is 2.13. The Morgan fingerprint density at radius 2 is 2.06 bits per heavy atom. The van der Waals surface area contributed by atoms with Crippen LogP contribution < -0.4 is 0 Å². The number of rotatable bonds is 5. The third kappa shape index (κ3) is 3.05. The zero-order valence-electron chi connectivity index (χ0n) is 10.8. The number of azo groups is 1. The maximum atomic E-state index is 9.98. The van der Waals surface area contributed by atoms with E-state index in [1.165, 1.54) is 12.8 Å². The number of hydrogen-bond acceptors (Lipinski definition) is 3. The molecule has 0 saturated carbocycles. The van der Waals surface area contributed by atoms with Gasteiger partial charge in [0.1, 0.15) is 12.1 Å². The molecule has 1 aliphatic carbocycles. The van der Waals surface area contributed by atoms with Crippen molar-refractivity contribution in [2.24, 2.45) is 10.2 Å². The Morgan fingerprint density at radius 1 is 1.22 bits per heavy atom. The van der Waals surface area contributed by atoms with Gasteiger partial charge in [0.15, 0.2) is 0 Å². The minimum absolute atomic E-state index is 0.243. The topological polar surface area (TPSA) is 45.0 Å². The average molecular weight is 244 g/mol. The molecule has 1 N–H and O–H groups in total. The van der Waals surface area contributed by atoms with Gasteiger partial charge >= 0.3 is 0 Å². The second kappa shape index (κ2) is 6.45. The van der Waals surface area contributed by atoms with Gasteiger partial charge in [0, 0.05) is 0 Å². The number of unbranched alkanes of at least 4 members (excludes halogenated alkanes) is 2. The van der Waals surface area contributed by atoms with Crippen molar-refractivity contribution >= 4 is 6.08 Å². The molecule has 1 aliphatic rings. The van der Waals surface area contributed by atoms with E-state index in [1.807, 2.05) is 30.3 Å². The van der Waals surface area contributed by atoms with Gasteiger partial charge in [-0.1, -0.05) is 56.2 Å². The molecule has 2 atom stereocenters. The summed E-state index contributed by atoms with van der Waals surface area (Å²) in [4.78, 5) is 0. The van der Waals surface area contributed by atoms with E-state index in [4.69, 9.17) is 0 Å². The molecule has 96 valence electrons. The summed E-state index contributed by atoms with van der Waals surface area (Å²) in [5, 5.41) is 18.5. The van der Waals surface area contributed by atoms with E-state index in [1.54, 1.807) is 6.08 Å². The van der Waals surface area contributed by atoms with Gasteiger partial charge in [0.05, 0.1) is 6.54 Å². The van der Waals surface area contributed by atoms with Crippen molar-refractivity contribution in [1.82, 2.24) is 0 Å². The SMILES string of the molecule is CCCCCN=NC1c2ccccc2C=CC1O. The molecular formula is C15H20N2O. The van der Waals surface area contributed by atoms with Crippen molar-refractivity contribution < 1.29 is 5.11 Å². The molecule has 0 radical (unpaired) electrons. The standard InChI is InChI=1S/C15H20N2O/c1-2-3-6-11-16-17-15-13-8-5-4-7-12(13)9-10-14(15)18/h4-5,7-10,14-15,18H,2-3,6,11H2,1H3. The fourth-order valence-corrected chi connectivity index (χ4v) is 2.13. The predicted octanol–water partition coefficient (Wildman–Crippen LogP) is 3.76. The van der Waals surface area contributed by atoms with Crippen molar-refractivity contribution in [1.29, 1.82) is 0 Å². The van der Waals surface area contributed by atoms with Crippen LogP contribution >= 0.6 is 0 Å². The van der Waals surface area contributed by atoms with Crippen LogP contribution in [0.1, 0.15) is 43.4 Å². The molecule has 2 unspecified atom stereocenters. The Hall–Kier alpha value is -1.48. The second-order valence-electron chi connectivity index (χ2n) is 4.61. The van der Waals surface area contributed by atoms with Gasteiger partial charge in [-0.05, 0) is 17.5 Å². The van der Waals surface area contributed by atoms with Gasteiger partial charge in [-0.25, -0.2) is 0 Å². The highest BCUT2D eigenvalue weighted by atomic mass is 16.3. The molecule has 1 aromatic carbocycles. The molecule has 0 bridgehead atoms. The number of aliphatic hydroxyl groups excluding tert-OH is 1. The zero-order valence-corrected chi connectivity index (χ0v) is 10.8. The first-order valence-corrected chi connectivity index (χ1v) is 6.64. The van der Waals surface area contributed by atoms with E-state index < -0.39 is 6.10 Å². The van der Waals surface area contributed by atoms with Crippen LogP contribution in [-0.2, 0) is 0 Å². The predicted molar refractivity (Wildman–Crippen MR) is 73.5 cm³/mol. The van der Waals surface area contributed by atoms with Crippen molar-refractivity contribution in [2.45, 2.75) is 38.3 Å². The molecule has 0 aromatic heterocycles. The average Bonchev–Trinajstić information content (AvgIpc) is 2.41. The quantitative estimate of drug-likeness (QED) is 0.622. The van der Waals surface area contributed by atoms with E-state index in [-0.39, 0.29) is 6.04 Å². The Morgan fingerprint density at radius 3 is 2.89 bits per heavy atom. The first-order valence-electron chi connectivity index (χ1n) is 6.64. The molecule has 0 fully saturated rings. The summed E-state index contributed by atoms with van der Waals surface area (Å²) < 4.78 is 0. The lowest BCUT2D eigenvalue weighted by atomic mass is 9.91. The molecule has 0 amide bonds. The number of fused-ring (bicyclic) bond motifs is 1. The van der Waals surface area contributed by atoms with Gasteiger partial charge < -0.3 is 5.11 Å². The van der Waals surface area contributed by atoms with Crippen molar-refractivity contribution in [3.05, 3.63) is 41.5 Å². The highest BCUT2D eigenvalue weighted by Gasteiger charge is 2.23. The van der Waals surface area contributed by atoms with Crippen LogP contribution in [0.4, 0.5) is 0 Å². The van der Waals surface area contributed by atoms with Gasteiger partial charge in [0.25, 0.3) is 0 Å². The summed E-state index contributed by atoms with van der Waals surface area (Å²) in [6.45, 7) is 2.92. The molecule has 2 rings (SSSR count). The Labute approximate surface area is 108 Å². The highest BCUT2D eigenvalue weighted by molar-refractivity contribution is 5.58. The maximum absolute atomic E-state index is 9.98. The third-order valence-electron chi connectivity index (χ3n) is 3.18. The molecule has 0 heterocycles. The van der Waals surface area contributed by atoms with Crippen LogP contribution in [-0.4, -0.2) is 17.8 Å². The lowest BCUT2D eigenvalue weighted by molar-refractivity contribution is 0.188. The number of benzene rings is 1. The van der Waals surface area contributed by atoms with Crippen LogP contribution in [0.3, 0.4) is 0 Å². The Kier molecular flexibility index (Phi) is 4.65. The molecule has 0 aliphatic heterocycles. The number of aliphatic hydroxyl groups is 1. The van der Waals surface area contributed by atoms with Crippen LogP contribution in [0.25, 0.3) is 6.08 Å². The first-order chi connectivity index (χ1) is 8.83. The third-order valence-corrected chi connectivity index (χ3v) is 3.18. The summed E-state index contributed by atoms with van der Waals surface area (Å²) in [6, 6.07) is 7.78. The summed E-state index contributed by atoms with van der Waals surface area (Å²) in [7, 11) is 0.